The van der Waals surface area contributed by atoms with Crippen LogP contribution in [-0.4, -0.2) is 28.7 Å². The van der Waals surface area contributed by atoms with Crippen molar-refractivity contribution in [1.82, 2.24) is 4.57 Å². The van der Waals surface area contributed by atoms with Crippen molar-refractivity contribution in [2.24, 2.45) is 5.92 Å². The van der Waals surface area contributed by atoms with Crippen molar-refractivity contribution >= 4 is 18.0 Å². The van der Waals surface area contributed by atoms with Crippen LogP contribution in [0.4, 0.5) is 0 Å². The molecular weight excluding hydrogens is 332 g/mol. The van der Waals surface area contributed by atoms with E-state index >= 15 is 0 Å². The average Bonchev–Trinajstić information content (AvgIpc) is 2.75. The number of carbonyl (C=O) groups excluding carboxylic acids is 2. The summed E-state index contributed by atoms with van der Waals surface area (Å²) in [5, 5.41) is 9.28. The number of nitriles is 1. The Morgan fingerprint density at radius 2 is 1.92 bits per heavy atom. The maximum absolute atomic E-state index is 12.1. The van der Waals surface area contributed by atoms with E-state index in [-0.39, 0.29) is 5.57 Å². The summed E-state index contributed by atoms with van der Waals surface area (Å²) in [5.41, 5.74) is 2.00. The summed E-state index contributed by atoms with van der Waals surface area (Å²) in [5.74, 6) is -1.02. The summed E-state index contributed by atoms with van der Waals surface area (Å²) in [6, 6.07) is 3.77. The molecule has 1 rings (SSSR count). The summed E-state index contributed by atoms with van der Waals surface area (Å²) in [4.78, 5) is 23.7. The second-order valence-corrected chi connectivity index (χ2v) is 7.66. The standard InChI is InChI=1S/C20H28N2O4/c1-13(2)11-22-14(3)8-16(15(22)4)9-17(10-21)19(24)25-12-18(23)26-20(5,6)7/h8-9,13H,11-12H2,1-7H3/b17-9-. The SMILES string of the molecule is Cc1cc(/C=C(/C#N)C(=O)OCC(=O)OC(C)(C)C)c(C)n1CC(C)C. The van der Waals surface area contributed by atoms with Crippen molar-refractivity contribution in [3.8, 4) is 6.07 Å². The van der Waals surface area contributed by atoms with E-state index in [1.807, 2.05) is 26.0 Å². The third-order valence-corrected chi connectivity index (χ3v) is 3.54. The molecule has 0 saturated heterocycles. The lowest BCUT2D eigenvalue weighted by atomic mass is 10.1. The molecule has 0 aliphatic rings. The molecular formula is C20H28N2O4. The fourth-order valence-corrected chi connectivity index (χ4v) is 2.49. The fourth-order valence-electron chi connectivity index (χ4n) is 2.49. The Bertz CT molecular complexity index is 743. The van der Waals surface area contributed by atoms with Crippen molar-refractivity contribution in [2.75, 3.05) is 6.61 Å². The van der Waals surface area contributed by atoms with Crippen LogP contribution in [0.3, 0.4) is 0 Å². The molecule has 0 atom stereocenters. The Balaban J connectivity index is 2.90. The summed E-state index contributed by atoms with van der Waals surface area (Å²) < 4.78 is 12.1. The number of hydrogen-bond donors (Lipinski definition) is 0. The first-order valence-electron chi connectivity index (χ1n) is 8.62. The molecule has 0 bridgehead atoms. The number of aromatic nitrogens is 1. The molecule has 0 aromatic carbocycles. The second kappa shape index (κ2) is 8.70. The second-order valence-electron chi connectivity index (χ2n) is 7.66. The maximum Gasteiger partial charge on any atom is 0.349 e. The molecule has 1 aromatic rings. The van der Waals surface area contributed by atoms with E-state index in [4.69, 9.17) is 9.47 Å². The molecule has 0 N–H and O–H groups in total. The van der Waals surface area contributed by atoms with Gasteiger partial charge in [0.1, 0.15) is 17.2 Å². The van der Waals surface area contributed by atoms with E-state index in [1.54, 1.807) is 20.8 Å². The van der Waals surface area contributed by atoms with E-state index in [2.05, 4.69) is 18.4 Å². The molecule has 0 aliphatic heterocycles. The number of ether oxygens (including phenoxy) is 2. The van der Waals surface area contributed by atoms with Gasteiger partial charge in [0.05, 0.1) is 0 Å². The van der Waals surface area contributed by atoms with Crippen molar-refractivity contribution in [2.45, 2.75) is 60.6 Å². The zero-order valence-electron chi connectivity index (χ0n) is 16.7. The predicted molar refractivity (Wildman–Crippen MR) is 99.1 cm³/mol. The Morgan fingerprint density at radius 1 is 1.31 bits per heavy atom. The van der Waals surface area contributed by atoms with Crippen LogP contribution in [0.5, 0.6) is 0 Å². The van der Waals surface area contributed by atoms with Gasteiger partial charge in [-0.25, -0.2) is 9.59 Å². The third-order valence-electron chi connectivity index (χ3n) is 3.54. The fraction of sp³-hybridized carbons (Fsp3) is 0.550. The monoisotopic (exact) mass is 360 g/mol. The number of carbonyl (C=O) groups is 2. The number of aryl methyl sites for hydroxylation is 1. The zero-order valence-corrected chi connectivity index (χ0v) is 16.7. The van der Waals surface area contributed by atoms with Crippen LogP contribution in [0.2, 0.25) is 0 Å². The largest absolute Gasteiger partial charge is 0.457 e. The highest BCUT2D eigenvalue weighted by atomic mass is 16.6. The Kier molecular flexibility index (Phi) is 7.19. The van der Waals surface area contributed by atoms with Crippen LogP contribution in [0.15, 0.2) is 11.6 Å². The smallest absolute Gasteiger partial charge is 0.349 e. The Labute approximate surface area is 155 Å². The topological polar surface area (TPSA) is 81.3 Å². The first-order chi connectivity index (χ1) is 11.9. The molecule has 26 heavy (non-hydrogen) atoms. The highest BCUT2D eigenvalue weighted by Gasteiger charge is 2.19. The van der Waals surface area contributed by atoms with E-state index in [0.717, 1.165) is 23.5 Å². The molecule has 142 valence electrons. The number of rotatable bonds is 6. The lowest BCUT2D eigenvalue weighted by Gasteiger charge is -2.19. The van der Waals surface area contributed by atoms with Crippen LogP contribution in [0.1, 0.15) is 51.6 Å². The molecule has 6 nitrogen and oxygen atoms in total. The summed E-state index contributed by atoms with van der Waals surface area (Å²) >= 11 is 0. The van der Waals surface area contributed by atoms with E-state index in [1.165, 1.54) is 6.08 Å². The van der Waals surface area contributed by atoms with Crippen LogP contribution in [0.25, 0.3) is 6.08 Å². The molecule has 0 saturated carbocycles. The van der Waals surface area contributed by atoms with Crippen molar-refractivity contribution in [3.63, 3.8) is 0 Å². The van der Waals surface area contributed by atoms with Crippen LogP contribution in [0, 0.1) is 31.1 Å². The van der Waals surface area contributed by atoms with Gasteiger partial charge < -0.3 is 14.0 Å². The third kappa shape index (κ3) is 6.40. The van der Waals surface area contributed by atoms with Gasteiger partial charge in [-0.15, -0.1) is 0 Å². The van der Waals surface area contributed by atoms with Gasteiger partial charge >= 0.3 is 11.9 Å². The van der Waals surface area contributed by atoms with Gasteiger partial charge in [-0.3, -0.25) is 0 Å². The van der Waals surface area contributed by atoms with E-state index < -0.39 is 24.1 Å². The Hall–Kier alpha value is -2.55. The Morgan fingerprint density at radius 3 is 2.42 bits per heavy atom. The molecule has 0 unspecified atom stereocenters. The van der Waals surface area contributed by atoms with E-state index in [9.17, 15) is 14.9 Å². The van der Waals surface area contributed by atoms with E-state index in [0.29, 0.717) is 5.92 Å². The van der Waals surface area contributed by atoms with Gasteiger partial charge in [-0.05, 0) is 58.2 Å². The summed E-state index contributed by atoms with van der Waals surface area (Å²) in [6.45, 7) is 13.7. The van der Waals surface area contributed by atoms with Crippen LogP contribution < -0.4 is 0 Å². The molecule has 1 aromatic heterocycles. The predicted octanol–water partition coefficient (Wildman–Crippen LogP) is 3.55. The molecule has 0 aliphatic carbocycles. The first-order valence-corrected chi connectivity index (χ1v) is 8.62. The summed E-state index contributed by atoms with van der Waals surface area (Å²) in [7, 11) is 0. The highest BCUT2D eigenvalue weighted by molar-refractivity contribution is 5.98. The molecule has 6 heteroatoms. The number of nitrogens with zero attached hydrogens (tertiary/aromatic N) is 2. The van der Waals surface area contributed by atoms with Crippen LogP contribution >= 0.6 is 0 Å². The number of hydrogen-bond acceptors (Lipinski definition) is 5. The van der Waals surface area contributed by atoms with Gasteiger partial charge in [0, 0.05) is 17.9 Å². The quantitative estimate of drug-likeness (QED) is 0.440. The molecule has 0 spiro atoms. The minimum absolute atomic E-state index is 0.154. The van der Waals surface area contributed by atoms with Crippen molar-refractivity contribution < 1.29 is 19.1 Å². The normalized spacial score (nSPS) is 12.0. The zero-order chi connectivity index (χ0) is 20.1. The number of esters is 2. The van der Waals surface area contributed by atoms with Crippen molar-refractivity contribution in [1.29, 1.82) is 5.26 Å². The van der Waals surface area contributed by atoms with Crippen molar-refractivity contribution in [3.05, 3.63) is 28.6 Å². The van der Waals surface area contributed by atoms with Gasteiger partial charge in [-0.2, -0.15) is 5.26 Å². The van der Waals surface area contributed by atoms with Gasteiger partial charge in [0.15, 0.2) is 6.61 Å². The lowest BCUT2D eigenvalue weighted by Crippen LogP contribution is -2.27. The minimum Gasteiger partial charge on any atom is -0.457 e. The van der Waals surface area contributed by atoms with Crippen LogP contribution in [-0.2, 0) is 25.6 Å². The average molecular weight is 360 g/mol. The summed E-state index contributed by atoms with van der Waals surface area (Å²) in [6.07, 6.45) is 1.50. The first kappa shape index (κ1) is 21.5. The van der Waals surface area contributed by atoms with Gasteiger partial charge in [-0.1, -0.05) is 13.8 Å². The van der Waals surface area contributed by atoms with Gasteiger partial charge in [0.2, 0.25) is 0 Å². The molecule has 0 fully saturated rings. The maximum atomic E-state index is 12.1. The minimum atomic E-state index is -0.841. The molecule has 1 heterocycles. The lowest BCUT2D eigenvalue weighted by molar-refractivity contribution is -0.164. The van der Waals surface area contributed by atoms with Gasteiger partial charge in [0.25, 0.3) is 0 Å². The molecule has 0 amide bonds. The molecule has 0 radical (unpaired) electrons. The highest BCUT2D eigenvalue weighted by Crippen LogP contribution is 2.20.